The van der Waals surface area contributed by atoms with E-state index < -0.39 is 30.6 Å². The molecule has 0 aliphatic carbocycles. The molecule has 0 bridgehead atoms. The fourth-order valence-corrected chi connectivity index (χ4v) is 0.299. The Hall–Kier alpha value is 0.0397. The Morgan fingerprint density at radius 1 is 1.06 bits per heavy atom. The summed E-state index contributed by atoms with van der Waals surface area (Å²) in [7, 11) is 0. The SMILES string of the molecule is O=C([O-])CC(O)C(=O)[O-].OCC(O)CO.[Ca+2]. The largest absolute Gasteiger partial charge is 2.00 e. The summed E-state index contributed by atoms with van der Waals surface area (Å²) in [6, 6.07) is 0. The normalized spacial score (nSPS) is 10.8. The molecular formula is C7H12CaO8. The quantitative estimate of drug-likeness (QED) is 0.357. The Morgan fingerprint density at radius 3 is 1.50 bits per heavy atom. The molecule has 0 aromatic carbocycles. The Balaban J connectivity index is -0.000000214. The van der Waals surface area contributed by atoms with Crippen molar-refractivity contribution in [2.75, 3.05) is 13.2 Å². The van der Waals surface area contributed by atoms with Crippen LogP contribution in [0.4, 0.5) is 0 Å². The summed E-state index contributed by atoms with van der Waals surface area (Å²) >= 11 is 0. The zero-order valence-corrected chi connectivity index (χ0v) is 10.6. The minimum absolute atomic E-state index is 0. The van der Waals surface area contributed by atoms with Gasteiger partial charge in [-0.3, -0.25) is 0 Å². The van der Waals surface area contributed by atoms with Crippen molar-refractivity contribution < 1.29 is 40.2 Å². The molecule has 0 spiro atoms. The second-order valence-corrected chi connectivity index (χ2v) is 2.43. The topological polar surface area (TPSA) is 161 Å². The molecule has 90 valence electrons. The number of aliphatic hydroxyl groups is 4. The second kappa shape index (κ2) is 13.1. The molecule has 1 unspecified atom stereocenters. The van der Waals surface area contributed by atoms with Gasteiger partial charge in [-0.15, -0.1) is 0 Å². The van der Waals surface area contributed by atoms with E-state index in [2.05, 4.69) is 0 Å². The second-order valence-electron chi connectivity index (χ2n) is 2.43. The van der Waals surface area contributed by atoms with Crippen LogP contribution < -0.4 is 10.2 Å². The Kier molecular flexibility index (Phi) is 17.5. The molecule has 0 aliphatic rings. The molecule has 0 radical (unpaired) electrons. The molecule has 0 heterocycles. The van der Waals surface area contributed by atoms with Crippen LogP contribution >= 0.6 is 0 Å². The molecule has 8 nitrogen and oxygen atoms in total. The van der Waals surface area contributed by atoms with E-state index in [4.69, 9.17) is 20.4 Å². The first-order valence-electron chi connectivity index (χ1n) is 3.83. The Labute approximate surface area is 121 Å². The first-order chi connectivity index (χ1) is 6.84. The summed E-state index contributed by atoms with van der Waals surface area (Å²) in [6.07, 6.45) is -3.84. The smallest absolute Gasteiger partial charge is 0.550 e. The van der Waals surface area contributed by atoms with Crippen molar-refractivity contribution >= 4 is 49.7 Å². The van der Waals surface area contributed by atoms with Crippen LogP contribution in [-0.2, 0) is 9.59 Å². The Bertz CT molecular complexity index is 193. The van der Waals surface area contributed by atoms with Gasteiger partial charge in [-0.1, -0.05) is 0 Å². The van der Waals surface area contributed by atoms with Gasteiger partial charge in [0.2, 0.25) is 0 Å². The fourth-order valence-electron chi connectivity index (χ4n) is 0.299. The standard InChI is InChI=1S/C4H6O5.C3H8O3.Ca/c5-2(4(8)9)1-3(6)7;4-1-3(6)2-5;/h2,5H,1H2,(H,6,7)(H,8,9);3-6H,1-2H2;/q;;+2/p-2. The maximum atomic E-state index is 9.58. The molecule has 0 saturated heterocycles. The van der Waals surface area contributed by atoms with Gasteiger partial charge < -0.3 is 40.2 Å². The molecule has 1 atom stereocenters. The van der Waals surface area contributed by atoms with Crippen molar-refractivity contribution in [3.63, 3.8) is 0 Å². The number of carboxylic acids is 2. The van der Waals surface area contributed by atoms with E-state index in [1.807, 2.05) is 0 Å². The number of carboxylic acid groups (broad SMARTS) is 2. The van der Waals surface area contributed by atoms with Gasteiger partial charge in [0.25, 0.3) is 0 Å². The molecule has 0 aromatic rings. The van der Waals surface area contributed by atoms with E-state index >= 15 is 0 Å². The van der Waals surface area contributed by atoms with Crippen LogP contribution in [-0.4, -0.2) is 95.5 Å². The van der Waals surface area contributed by atoms with Crippen molar-refractivity contribution in [3.8, 4) is 0 Å². The predicted molar refractivity (Wildman–Crippen MR) is 46.6 cm³/mol. The van der Waals surface area contributed by atoms with E-state index in [-0.39, 0.29) is 51.0 Å². The van der Waals surface area contributed by atoms with Crippen LogP contribution in [0.5, 0.6) is 0 Å². The zero-order chi connectivity index (χ0) is 12.4. The molecule has 0 aliphatic heterocycles. The first-order valence-corrected chi connectivity index (χ1v) is 3.83. The number of hydrogen-bond acceptors (Lipinski definition) is 8. The third kappa shape index (κ3) is 16.5. The van der Waals surface area contributed by atoms with Gasteiger partial charge in [-0.2, -0.15) is 0 Å². The molecule has 0 aromatic heterocycles. The van der Waals surface area contributed by atoms with Crippen molar-refractivity contribution in [1.82, 2.24) is 0 Å². The maximum absolute atomic E-state index is 9.58. The van der Waals surface area contributed by atoms with Gasteiger partial charge in [-0.25, -0.2) is 0 Å². The van der Waals surface area contributed by atoms with Crippen molar-refractivity contribution in [2.24, 2.45) is 0 Å². The molecular weight excluding hydrogens is 252 g/mol. The first kappa shape index (κ1) is 21.3. The summed E-state index contributed by atoms with van der Waals surface area (Å²) in [5.74, 6) is -3.43. The molecule has 0 fully saturated rings. The number of hydrogen-bond donors (Lipinski definition) is 4. The number of aliphatic hydroxyl groups excluding tert-OH is 4. The summed E-state index contributed by atoms with van der Waals surface area (Å²) < 4.78 is 0. The zero-order valence-electron chi connectivity index (χ0n) is 8.40. The van der Waals surface area contributed by atoms with Gasteiger partial charge in [0.15, 0.2) is 0 Å². The van der Waals surface area contributed by atoms with Gasteiger partial charge in [0.1, 0.15) is 6.10 Å². The molecule has 16 heavy (non-hydrogen) atoms. The number of aliphatic carboxylic acids is 2. The predicted octanol–water partition coefficient (Wildman–Crippen LogP) is -5.81. The number of rotatable bonds is 5. The van der Waals surface area contributed by atoms with Gasteiger partial charge in [-0.05, 0) is 0 Å². The van der Waals surface area contributed by atoms with Crippen LogP contribution in [0.1, 0.15) is 6.42 Å². The van der Waals surface area contributed by atoms with E-state index in [1.54, 1.807) is 0 Å². The summed E-state index contributed by atoms with van der Waals surface area (Å²) in [5.41, 5.74) is 0. The molecule has 0 saturated carbocycles. The molecule has 0 amide bonds. The summed E-state index contributed by atoms with van der Waals surface area (Å²) in [5, 5.41) is 51.4. The number of carbonyl (C=O) groups excluding carboxylic acids is 2. The maximum Gasteiger partial charge on any atom is 2.00 e. The van der Waals surface area contributed by atoms with Crippen LogP contribution in [0.2, 0.25) is 0 Å². The number of carbonyl (C=O) groups is 2. The third-order valence-corrected chi connectivity index (χ3v) is 1.05. The molecule has 0 rings (SSSR count). The van der Waals surface area contributed by atoms with E-state index in [1.165, 1.54) is 0 Å². The minimum atomic E-state index is -1.96. The third-order valence-electron chi connectivity index (χ3n) is 1.05. The molecule has 4 N–H and O–H groups in total. The average molecular weight is 264 g/mol. The van der Waals surface area contributed by atoms with Gasteiger partial charge in [0.05, 0.1) is 25.3 Å². The van der Waals surface area contributed by atoms with Crippen LogP contribution in [0, 0.1) is 0 Å². The van der Waals surface area contributed by atoms with Crippen LogP contribution in [0.25, 0.3) is 0 Å². The average Bonchev–Trinajstić information content (AvgIpc) is 2.16. The monoisotopic (exact) mass is 264 g/mol. The Morgan fingerprint density at radius 2 is 1.44 bits per heavy atom. The fraction of sp³-hybridized carbons (Fsp3) is 0.714. The van der Waals surface area contributed by atoms with Crippen molar-refractivity contribution in [1.29, 1.82) is 0 Å². The minimum Gasteiger partial charge on any atom is -0.550 e. The van der Waals surface area contributed by atoms with Crippen molar-refractivity contribution in [3.05, 3.63) is 0 Å². The van der Waals surface area contributed by atoms with Crippen LogP contribution in [0.3, 0.4) is 0 Å². The van der Waals surface area contributed by atoms with E-state index in [0.29, 0.717) is 0 Å². The van der Waals surface area contributed by atoms with E-state index in [0.717, 1.165) is 0 Å². The van der Waals surface area contributed by atoms with Gasteiger partial charge in [0, 0.05) is 12.4 Å². The molecule has 9 heteroatoms. The van der Waals surface area contributed by atoms with E-state index in [9.17, 15) is 19.8 Å². The van der Waals surface area contributed by atoms with Gasteiger partial charge >= 0.3 is 37.7 Å². The summed E-state index contributed by atoms with van der Waals surface area (Å²) in [6.45, 7) is -0.729. The summed E-state index contributed by atoms with van der Waals surface area (Å²) in [4.78, 5) is 19.1. The van der Waals surface area contributed by atoms with Crippen molar-refractivity contribution in [2.45, 2.75) is 18.6 Å². The van der Waals surface area contributed by atoms with Crippen LogP contribution in [0.15, 0.2) is 0 Å².